The first-order valence-corrected chi connectivity index (χ1v) is 9.16. The monoisotopic (exact) mass is 458 g/mol. The van der Waals surface area contributed by atoms with E-state index in [1.807, 2.05) is 13.8 Å². The van der Waals surface area contributed by atoms with E-state index in [-0.39, 0.29) is 0 Å². The fraction of sp³-hybridized carbons (Fsp3) is 0.263. The summed E-state index contributed by atoms with van der Waals surface area (Å²) in [5.74, 6) is 0.0535. The van der Waals surface area contributed by atoms with Gasteiger partial charge >= 0.3 is 6.18 Å². The Morgan fingerprint density at radius 1 is 1.18 bits per heavy atom. The van der Waals surface area contributed by atoms with Gasteiger partial charge in [0.2, 0.25) is 0 Å². The van der Waals surface area contributed by atoms with Crippen LogP contribution in [-0.2, 0) is 6.18 Å². The highest BCUT2D eigenvalue weighted by molar-refractivity contribution is 9.10. The van der Waals surface area contributed by atoms with Crippen molar-refractivity contribution in [2.45, 2.75) is 20.0 Å². The van der Waals surface area contributed by atoms with Crippen LogP contribution < -0.4 is 14.9 Å². The van der Waals surface area contributed by atoms with Gasteiger partial charge in [0.15, 0.2) is 11.5 Å². The van der Waals surface area contributed by atoms with Gasteiger partial charge in [0.25, 0.3) is 5.91 Å². The Hall–Kier alpha value is -2.55. The Kier molecular flexibility index (Phi) is 7.45. The van der Waals surface area contributed by atoms with Crippen molar-refractivity contribution >= 4 is 28.1 Å². The Bertz CT molecular complexity index is 870. The minimum absolute atomic E-state index is 0.415. The van der Waals surface area contributed by atoms with Crippen molar-refractivity contribution in [3.8, 4) is 11.5 Å². The lowest BCUT2D eigenvalue weighted by Crippen LogP contribution is -2.22. The van der Waals surface area contributed by atoms with Crippen molar-refractivity contribution in [3.63, 3.8) is 0 Å². The molecular formula is C19H18BrF3N2O3. The maximum absolute atomic E-state index is 13.0. The molecule has 0 aromatic heterocycles. The molecule has 28 heavy (non-hydrogen) atoms. The van der Waals surface area contributed by atoms with Gasteiger partial charge in [-0.05, 0) is 59.6 Å². The first-order chi connectivity index (χ1) is 13.3. The smallest absolute Gasteiger partial charge is 0.417 e. The quantitative estimate of drug-likeness (QED) is 0.467. The van der Waals surface area contributed by atoms with E-state index in [0.29, 0.717) is 34.7 Å². The van der Waals surface area contributed by atoms with Crippen LogP contribution in [0.15, 0.2) is 46.0 Å². The van der Waals surface area contributed by atoms with Gasteiger partial charge in [0.05, 0.1) is 35.0 Å². The van der Waals surface area contributed by atoms with Gasteiger partial charge in [-0.2, -0.15) is 18.3 Å². The fourth-order valence-corrected chi connectivity index (χ4v) is 2.94. The van der Waals surface area contributed by atoms with Crippen LogP contribution in [0.1, 0.15) is 35.3 Å². The van der Waals surface area contributed by atoms with Crippen LogP contribution in [0.4, 0.5) is 13.2 Å². The second-order valence-corrected chi connectivity index (χ2v) is 6.29. The maximum Gasteiger partial charge on any atom is 0.417 e. The average Bonchev–Trinajstić information content (AvgIpc) is 2.64. The highest BCUT2D eigenvalue weighted by Gasteiger charge is 2.34. The molecule has 0 radical (unpaired) electrons. The van der Waals surface area contributed by atoms with Crippen LogP contribution in [0.3, 0.4) is 0 Å². The van der Waals surface area contributed by atoms with Crippen molar-refractivity contribution in [2.24, 2.45) is 5.10 Å². The van der Waals surface area contributed by atoms with Crippen molar-refractivity contribution < 1.29 is 27.4 Å². The van der Waals surface area contributed by atoms with Crippen molar-refractivity contribution in [1.29, 1.82) is 0 Å². The summed E-state index contributed by atoms with van der Waals surface area (Å²) in [6, 6.07) is 7.84. The molecule has 150 valence electrons. The van der Waals surface area contributed by atoms with E-state index < -0.39 is 23.2 Å². The van der Waals surface area contributed by atoms with E-state index >= 15 is 0 Å². The molecule has 0 aliphatic heterocycles. The van der Waals surface area contributed by atoms with Gasteiger partial charge in [0.1, 0.15) is 0 Å². The van der Waals surface area contributed by atoms with Crippen molar-refractivity contribution in [1.82, 2.24) is 5.43 Å². The summed E-state index contributed by atoms with van der Waals surface area (Å²) < 4.78 is 50.7. The number of nitrogens with zero attached hydrogens (tertiary/aromatic N) is 1. The Balaban J connectivity index is 2.20. The Labute approximate surface area is 168 Å². The third-order valence-electron chi connectivity index (χ3n) is 3.48. The van der Waals surface area contributed by atoms with Gasteiger partial charge in [-0.15, -0.1) is 0 Å². The number of alkyl halides is 3. The van der Waals surface area contributed by atoms with Gasteiger partial charge in [-0.3, -0.25) is 4.79 Å². The van der Waals surface area contributed by atoms with Crippen LogP contribution in [0.5, 0.6) is 11.5 Å². The fourth-order valence-electron chi connectivity index (χ4n) is 2.36. The van der Waals surface area contributed by atoms with Crippen LogP contribution in [0.2, 0.25) is 0 Å². The molecule has 0 bridgehead atoms. The third kappa shape index (κ3) is 5.48. The zero-order valence-corrected chi connectivity index (χ0v) is 16.7. The van der Waals surface area contributed by atoms with E-state index in [2.05, 4.69) is 26.5 Å². The number of ether oxygens (including phenoxy) is 2. The molecule has 2 rings (SSSR count). The molecule has 0 aliphatic carbocycles. The molecule has 2 aromatic carbocycles. The first-order valence-electron chi connectivity index (χ1n) is 8.36. The number of hydrogen-bond donors (Lipinski definition) is 1. The lowest BCUT2D eigenvalue weighted by molar-refractivity contribution is -0.137. The highest BCUT2D eigenvalue weighted by atomic mass is 79.9. The van der Waals surface area contributed by atoms with Gasteiger partial charge in [-0.25, -0.2) is 5.43 Å². The van der Waals surface area contributed by atoms with E-state index in [9.17, 15) is 18.0 Å². The van der Waals surface area contributed by atoms with Crippen LogP contribution >= 0.6 is 15.9 Å². The summed E-state index contributed by atoms with van der Waals surface area (Å²) in [4.78, 5) is 12.1. The third-order valence-corrected chi connectivity index (χ3v) is 4.07. The van der Waals surface area contributed by atoms with Gasteiger partial charge < -0.3 is 9.47 Å². The Morgan fingerprint density at radius 2 is 1.86 bits per heavy atom. The number of carbonyl (C=O) groups is 1. The molecule has 0 saturated carbocycles. The number of carbonyl (C=O) groups excluding carboxylic acids is 1. The number of hydrogen-bond acceptors (Lipinski definition) is 4. The normalized spacial score (nSPS) is 11.5. The number of rotatable bonds is 7. The zero-order valence-electron chi connectivity index (χ0n) is 15.1. The molecule has 5 nitrogen and oxygen atoms in total. The van der Waals surface area contributed by atoms with Crippen LogP contribution in [-0.4, -0.2) is 25.3 Å². The second kappa shape index (κ2) is 9.59. The topological polar surface area (TPSA) is 59.9 Å². The predicted octanol–water partition coefficient (Wildman–Crippen LogP) is 5.03. The SMILES string of the molecule is CCOc1cc(/C=N/NC(=O)c2ccccc2C(F)(F)F)cc(Br)c1OCC. The highest BCUT2D eigenvalue weighted by Crippen LogP contribution is 2.36. The molecule has 1 N–H and O–H groups in total. The molecular weight excluding hydrogens is 441 g/mol. The summed E-state index contributed by atoms with van der Waals surface area (Å²) in [5, 5.41) is 3.75. The summed E-state index contributed by atoms with van der Waals surface area (Å²) >= 11 is 3.38. The summed E-state index contributed by atoms with van der Waals surface area (Å²) in [6.45, 7) is 4.52. The average molecular weight is 459 g/mol. The number of amides is 1. The van der Waals surface area contributed by atoms with Gasteiger partial charge in [-0.1, -0.05) is 12.1 Å². The Morgan fingerprint density at radius 3 is 2.50 bits per heavy atom. The molecule has 9 heteroatoms. The molecule has 1 amide bonds. The van der Waals surface area contributed by atoms with Crippen molar-refractivity contribution in [3.05, 3.63) is 57.6 Å². The molecule has 0 atom stereocenters. The largest absolute Gasteiger partial charge is 0.490 e. The molecule has 0 fully saturated rings. The molecule has 0 saturated heterocycles. The number of nitrogens with one attached hydrogen (secondary N) is 1. The number of benzene rings is 2. The summed E-state index contributed by atoms with van der Waals surface area (Å²) in [6.07, 6.45) is -3.33. The maximum atomic E-state index is 13.0. The molecule has 0 spiro atoms. The summed E-state index contributed by atoms with van der Waals surface area (Å²) in [5.41, 5.74) is 1.14. The molecule has 0 unspecified atom stereocenters. The number of halogens is 4. The predicted molar refractivity (Wildman–Crippen MR) is 103 cm³/mol. The molecule has 2 aromatic rings. The minimum atomic E-state index is -4.63. The second-order valence-electron chi connectivity index (χ2n) is 5.44. The van der Waals surface area contributed by atoms with Crippen molar-refractivity contribution in [2.75, 3.05) is 13.2 Å². The van der Waals surface area contributed by atoms with Crippen LogP contribution in [0, 0.1) is 0 Å². The van der Waals surface area contributed by atoms with Crippen LogP contribution in [0.25, 0.3) is 0 Å². The summed E-state index contributed by atoms with van der Waals surface area (Å²) in [7, 11) is 0. The molecule has 0 heterocycles. The zero-order chi connectivity index (χ0) is 20.7. The van der Waals surface area contributed by atoms with E-state index in [1.165, 1.54) is 18.3 Å². The standard InChI is InChI=1S/C19H18BrF3N2O3/c1-3-27-16-10-12(9-15(20)17(16)28-4-2)11-24-25-18(26)13-7-5-6-8-14(13)19(21,22)23/h5-11H,3-4H2,1-2H3,(H,25,26)/b24-11+. The lowest BCUT2D eigenvalue weighted by atomic mass is 10.1. The van der Waals surface area contributed by atoms with E-state index in [1.54, 1.807) is 12.1 Å². The van der Waals surface area contributed by atoms with E-state index in [0.717, 1.165) is 12.1 Å². The first kappa shape index (κ1) is 21.7. The number of hydrazone groups is 1. The lowest BCUT2D eigenvalue weighted by Gasteiger charge is -2.13. The van der Waals surface area contributed by atoms with Gasteiger partial charge in [0, 0.05) is 0 Å². The minimum Gasteiger partial charge on any atom is -0.490 e. The van der Waals surface area contributed by atoms with E-state index in [4.69, 9.17) is 9.47 Å². The molecule has 0 aliphatic rings.